The predicted molar refractivity (Wildman–Crippen MR) is 94.4 cm³/mol. The van der Waals surface area contributed by atoms with Crippen molar-refractivity contribution in [2.75, 3.05) is 0 Å². The SMILES string of the molecule is CC1CCC(c2ccc3c(c2)C(C)(C)c2ccccc2-3)CC1. The average molecular weight is 290 g/mol. The molecule has 22 heavy (non-hydrogen) atoms. The second-order valence-corrected chi connectivity index (χ2v) is 7.93. The van der Waals surface area contributed by atoms with E-state index in [4.69, 9.17) is 0 Å². The van der Waals surface area contributed by atoms with Crippen LogP contribution in [0.4, 0.5) is 0 Å². The maximum absolute atomic E-state index is 2.52. The van der Waals surface area contributed by atoms with E-state index in [0.717, 1.165) is 11.8 Å². The number of fused-ring (bicyclic) bond motifs is 3. The smallest absolute Gasteiger partial charge is 0.0158 e. The molecule has 0 nitrogen and oxygen atoms in total. The lowest BCUT2D eigenvalue weighted by Gasteiger charge is -2.28. The highest BCUT2D eigenvalue weighted by molar-refractivity contribution is 5.80. The molecule has 0 radical (unpaired) electrons. The van der Waals surface area contributed by atoms with Crippen molar-refractivity contribution >= 4 is 0 Å². The molecular formula is C22H26. The average Bonchev–Trinajstić information content (AvgIpc) is 2.77. The molecule has 2 aliphatic rings. The molecule has 0 heterocycles. The van der Waals surface area contributed by atoms with E-state index in [1.54, 1.807) is 5.56 Å². The minimum absolute atomic E-state index is 0.143. The minimum atomic E-state index is 0.143. The zero-order chi connectivity index (χ0) is 15.3. The van der Waals surface area contributed by atoms with Gasteiger partial charge in [0.15, 0.2) is 0 Å². The molecule has 0 bridgehead atoms. The molecule has 4 rings (SSSR count). The van der Waals surface area contributed by atoms with Crippen LogP contribution in [0, 0.1) is 5.92 Å². The van der Waals surface area contributed by atoms with Gasteiger partial charge < -0.3 is 0 Å². The molecule has 2 aromatic rings. The molecule has 0 atom stereocenters. The third kappa shape index (κ3) is 2.04. The molecule has 0 aromatic heterocycles. The molecule has 2 aliphatic carbocycles. The van der Waals surface area contributed by atoms with Crippen molar-refractivity contribution in [1.29, 1.82) is 0 Å². The van der Waals surface area contributed by atoms with Gasteiger partial charge in [0, 0.05) is 5.41 Å². The normalized spacial score (nSPS) is 25.6. The van der Waals surface area contributed by atoms with Gasteiger partial charge in [0.05, 0.1) is 0 Å². The molecule has 0 unspecified atom stereocenters. The molecule has 0 heteroatoms. The highest BCUT2D eigenvalue weighted by Crippen LogP contribution is 2.49. The third-order valence-electron chi connectivity index (χ3n) is 6.09. The Morgan fingerprint density at radius 2 is 1.50 bits per heavy atom. The van der Waals surface area contributed by atoms with Crippen LogP contribution >= 0.6 is 0 Å². The van der Waals surface area contributed by atoms with E-state index < -0.39 is 0 Å². The van der Waals surface area contributed by atoms with Crippen molar-refractivity contribution in [3.05, 3.63) is 59.2 Å². The van der Waals surface area contributed by atoms with Gasteiger partial charge in [0.1, 0.15) is 0 Å². The van der Waals surface area contributed by atoms with Gasteiger partial charge in [-0.2, -0.15) is 0 Å². The second-order valence-electron chi connectivity index (χ2n) is 7.93. The standard InChI is InChI=1S/C22H26/c1-15-8-10-16(11-9-15)17-12-13-19-18-6-4-5-7-20(18)22(2,3)21(19)14-17/h4-7,12-16H,8-11H2,1-3H3. The molecule has 2 aromatic carbocycles. The van der Waals surface area contributed by atoms with Crippen LogP contribution in [0.15, 0.2) is 42.5 Å². The number of rotatable bonds is 1. The maximum atomic E-state index is 2.52. The minimum Gasteiger partial charge on any atom is -0.0625 e. The van der Waals surface area contributed by atoms with E-state index in [2.05, 4.69) is 63.2 Å². The molecule has 114 valence electrons. The monoisotopic (exact) mass is 290 g/mol. The summed E-state index contributed by atoms with van der Waals surface area (Å²) in [6, 6.07) is 16.2. The summed E-state index contributed by atoms with van der Waals surface area (Å²) in [4.78, 5) is 0. The Labute approximate surface area is 134 Å². The van der Waals surface area contributed by atoms with Crippen molar-refractivity contribution in [2.24, 2.45) is 5.92 Å². The van der Waals surface area contributed by atoms with E-state index in [1.165, 1.54) is 47.9 Å². The van der Waals surface area contributed by atoms with Gasteiger partial charge in [-0.05, 0) is 52.5 Å². The predicted octanol–water partition coefficient (Wildman–Crippen LogP) is 6.29. The summed E-state index contributed by atoms with van der Waals surface area (Å²) in [5.41, 5.74) is 7.62. The number of benzene rings is 2. The summed E-state index contributed by atoms with van der Waals surface area (Å²) in [7, 11) is 0. The van der Waals surface area contributed by atoms with Crippen molar-refractivity contribution in [1.82, 2.24) is 0 Å². The van der Waals surface area contributed by atoms with Gasteiger partial charge in [-0.25, -0.2) is 0 Å². The van der Waals surface area contributed by atoms with Crippen LogP contribution in [-0.4, -0.2) is 0 Å². The Morgan fingerprint density at radius 3 is 2.27 bits per heavy atom. The van der Waals surface area contributed by atoms with Crippen LogP contribution in [0.5, 0.6) is 0 Å². The summed E-state index contributed by atoms with van der Waals surface area (Å²) < 4.78 is 0. The van der Waals surface area contributed by atoms with Gasteiger partial charge in [0.25, 0.3) is 0 Å². The van der Waals surface area contributed by atoms with Gasteiger partial charge in [-0.3, -0.25) is 0 Å². The van der Waals surface area contributed by atoms with Crippen LogP contribution in [0.25, 0.3) is 11.1 Å². The Morgan fingerprint density at radius 1 is 0.818 bits per heavy atom. The van der Waals surface area contributed by atoms with Crippen molar-refractivity contribution in [3.8, 4) is 11.1 Å². The molecule has 1 saturated carbocycles. The topological polar surface area (TPSA) is 0 Å². The lowest BCUT2D eigenvalue weighted by Crippen LogP contribution is -2.16. The van der Waals surface area contributed by atoms with E-state index >= 15 is 0 Å². The fourth-order valence-corrected chi connectivity index (χ4v) is 4.57. The van der Waals surface area contributed by atoms with E-state index in [1.807, 2.05) is 0 Å². The van der Waals surface area contributed by atoms with Crippen LogP contribution in [0.2, 0.25) is 0 Å². The number of hydrogen-bond donors (Lipinski definition) is 0. The van der Waals surface area contributed by atoms with E-state index in [9.17, 15) is 0 Å². The zero-order valence-corrected chi connectivity index (χ0v) is 14.0. The molecule has 0 saturated heterocycles. The van der Waals surface area contributed by atoms with E-state index in [0.29, 0.717) is 0 Å². The van der Waals surface area contributed by atoms with Crippen LogP contribution < -0.4 is 0 Å². The molecule has 1 fully saturated rings. The van der Waals surface area contributed by atoms with Gasteiger partial charge >= 0.3 is 0 Å². The lowest BCUT2D eigenvalue weighted by atomic mass is 9.77. The van der Waals surface area contributed by atoms with Crippen molar-refractivity contribution in [3.63, 3.8) is 0 Å². The Kier molecular flexibility index (Phi) is 3.18. The molecular weight excluding hydrogens is 264 g/mol. The summed E-state index contributed by atoms with van der Waals surface area (Å²) in [5, 5.41) is 0. The van der Waals surface area contributed by atoms with Crippen molar-refractivity contribution in [2.45, 2.75) is 57.8 Å². The second kappa shape index (κ2) is 4.98. The lowest BCUT2D eigenvalue weighted by molar-refractivity contribution is 0.348. The summed E-state index contributed by atoms with van der Waals surface area (Å²) >= 11 is 0. The van der Waals surface area contributed by atoms with Crippen LogP contribution in [0.3, 0.4) is 0 Å². The fourth-order valence-electron chi connectivity index (χ4n) is 4.57. The Bertz CT molecular complexity index is 700. The van der Waals surface area contributed by atoms with Crippen LogP contribution in [-0.2, 0) is 5.41 Å². The highest BCUT2D eigenvalue weighted by Gasteiger charge is 2.35. The summed E-state index contributed by atoms with van der Waals surface area (Å²) in [6.07, 6.45) is 5.53. The molecule has 0 amide bonds. The summed E-state index contributed by atoms with van der Waals surface area (Å²) in [6.45, 7) is 7.16. The van der Waals surface area contributed by atoms with E-state index in [-0.39, 0.29) is 5.41 Å². The van der Waals surface area contributed by atoms with Gasteiger partial charge in [0.2, 0.25) is 0 Å². The molecule has 0 N–H and O–H groups in total. The van der Waals surface area contributed by atoms with Crippen LogP contribution in [0.1, 0.15) is 69.1 Å². The summed E-state index contributed by atoms with van der Waals surface area (Å²) in [5.74, 6) is 1.70. The van der Waals surface area contributed by atoms with Gasteiger partial charge in [-0.1, -0.05) is 76.1 Å². The first-order valence-electron chi connectivity index (χ1n) is 8.81. The zero-order valence-electron chi connectivity index (χ0n) is 14.0. The largest absolute Gasteiger partial charge is 0.0625 e. The fraction of sp³-hybridized carbons (Fsp3) is 0.455. The third-order valence-corrected chi connectivity index (χ3v) is 6.09. The van der Waals surface area contributed by atoms with Gasteiger partial charge in [-0.15, -0.1) is 0 Å². The molecule has 0 aliphatic heterocycles. The highest BCUT2D eigenvalue weighted by atomic mass is 14.4. The first-order chi connectivity index (χ1) is 10.6. The van der Waals surface area contributed by atoms with Crippen molar-refractivity contribution < 1.29 is 0 Å². The Hall–Kier alpha value is -1.56. The number of hydrogen-bond acceptors (Lipinski definition) is 0. The first-order valence-corrected chi connectivity index (χ1v) is 8.81. The molecule has 0 spiro atoms. The quantitative estimate of drug-likeness (QED) is 0.579. The Balaban J connectivity index is 1.76. The first kappa shape index (κ1) is 14.1. The maximum Gasteiger partial charge on any atom is 0.0158 e.